The van der Waals surface area contributed by atoms with E-state index in [1.807, 2.05) is 0 Å². The fraction of sp³-hybridized carbons (Fsp3) is 0.300. The third-order valence-corrected chi connectivity index (χ3v) is 1.67. The first-order valence-electron chi connectivity index (χ1n) is 4.05. The Morgan fingerprint density at radius 2 is 2.38 bits per heavy atom. The van der Waals surface area contributed by atoms with Crippen molar-refractivity contribution in [2.24, 2.45) is 0 Å². The summed E-state index contributed by atoms with van der Waals surface area (Å²) in [7, 11) is 0. The minimum Gasteiger partial charge on any atom is -0.451 e. The Morgan fingerprint density at radius 3 is 2.85 bits per heavy atom. The molecule has 1 aromatic heterocycles. The number of hydrogen-bond donors (Lipinski definition) is 1. The van der Waals surface area contributed by atoms with Gasteiger partial charge in [-0.25, -0.2) is 4.79 Å². The summed E-state index contributed by atoms with van der Waals surface area (Å²) in [6, 6.07) is 3.42. The van der Waals surface area contributed by atoms with Crippen molar-refractivity contribution in [1.82, 2.24) is 4.98 Å². The number of carbonyl (C=O) groups is 1. The molecule has 0 spiro atoms. The Balaban J connectivity index is 2.67. The number of H-pyrrole nitrogens is 1. The van der Waals surface area contributed by atoms with Crippen LogP contribution in [0.15, 0.2) is 31.0 Å². The molecule has 0 radical (unpaired) electrons. The van der Waals surface area contributed by atoms with Crippen LogP contribution in [-0.4, -0.2) is 16.6 Å². The van der Waals surface area contributed by atoms with Crippen molar-refractivity contribution >= 4 is 5.97 Å². The van der Waals surface area contributed by atoms with Gasteiger partial charge in [0.15, 0.2) is 0 Å². The lowest BCUT2D eigenvalue weighted by atomic mass is 10.1. The predicted molar refractivity (Wildman–Crippen MR) is 50.5 cm³/mol. The van der Waals surface area contributed by atoms with E-state index in [0.29, 0.717) is 5.69 Å². The summed E-state index contributed by atoms with van der Waals surface area (Å²) >= 11 is 0. The molecule has 70 valence electrons. The number of nitrogens with one attached hydrogen (secondary N) is 1. The first-order valence-corrected chi connectivity index (χ1v) is 4.05. The fourth-order valence-corrected chi connectivity index (χ4v) is 0.793. The lowest BCUT2D eigenvalue weighted by Gasteiger charge is -2.19. The third-order valence-electron chi connectivity index (χ3n) is 1.67. The number of ether oxygens (including phenoxy) is 1. The van der Waals surface area contributed by atoms with Gasteiger partial charge in [-0.2, -0.15) is 0 Å². The number of hydrogen-bond acceptors (Lipinski definition) is 2. The van der Waals surface area contributed by atoms with Crippen LogP contribution < -0.4 is 0 Å². The molecule has 0 aromatic carbocycles. The molecule has 3 heteroatoms. The van der Waals surface area contributed by atoms with Crippen LogP contribution in [0.25, 0.3) is 0 Å². The van der Waals surface area contributed by atoms with Crippen molar-refractivity contribution in [1.29, 1.82) is 0 Å². The van der Waals surface area contributed by atoms with Gasteiger partial charge < -0.3 is 9.72 Å². The maximum Gasteiger partial charge on any atom is 0.355 e. The molecule has 0 unspecified atom stereocenters. The zero-order valence-electron chi connectivity index (χ0n) is 7.83. The van der Waals surface area contributed by atoms with Gasteiger partial charge in [0.25, 0.3) is 0 Å². The predicted octanol–water partition coefficient (Wildman–Crippen LogP) is 2.14. The maximum absolute atomic E-state index is 11.4. The third kappa shape index (κ3) is 2.47. The molecule has 0 saturated heterocycles. The van der Waals surface area contributed by atoms with Gasteiger partial charge in [0.05, 0.1) is 0 Å². The standard InChI is InChI=1S/C10H13NO2/c1-4-10(2,3)13-9(12)8-6-5-7-11-8/h4-7,11H,1H2,2-3H3. The number of aromatic amines is 1. The summed E-state index contributed by atoms with van der Waals surface area (Å²) in [5, 5.41) is 0. The smallest absolute Gasteiger partial charge is 0.355 e. The second kappa shape index (κ2) is 3.47. The van der Waals surface area contributed by atoms with E-state index in [4.69, 9.17) is 4.74 Å². The van der Waals surface area contributed by atoms with Crippen LogP contribution in [0.3, 0.4) is 0 Å². The van der Waals surface area contributed by atoms with Gasteiger partial charge in [-0.15, -0.1) is 0 Å². The molecule has 0 amide bonds. The second-order valence-corrected chi connectivity index (χ2v) is 3.28. The highest BCUT2D eigenvalue weighted by atomic mass is 16.6. The molecule has 3 nitrogen and oxygen atoms in total. The van der Waals surface area contributed by atoms with E-state index < -0.39 is 5.60 Å². The summed E-state index contributed by atoms with van der Waals surface area (Å²) in [6.07, 6.45) is 3.27. The van der Waals surface area contributed by atoms with E-state index >= 15 is 0 Å². The zero-order chi connectivity index (χ0) is 9.90. The Hall–Kier alpha value is -1.51. The van der Waals surface area contributed by atoms with Gasteiger partial charge >= 0.3 is 5.97 Å². The molecule has 0 atom stereocenters. The summed E-state index contributed by atoms with van der Waals surface area (Å²) in [4.78, 5) is 14.2. The molecule has 0 aliphatic heterocycles. The second-order valence-electron chi connectivity index (χ2n) is 3.28. The largest absolute Gasteiger partial charge is 0.451 e. The molecular weight excluding hydrogens is 166 g/mol. The van der Waals surface area contributed by atoms with Gasteiger partial charge in [0, 0.05) is 6.20 Å². The Bertz CT molecular complexity index is 299. The minimum atomic E-state index is -0.623. The van der Waals surface area contributed by atoms with Crippen molar-refractivity contribution in [3.63, 3.8) is 0 Å². The zero-order valence-corrected chi connectivity index (χ0v) is 7.83. The summed E-state index contributed by atoms with van der Waals surface area (Å²) in [5.41, 5.74) is -0.169. The van der Waals surface area contributed by atoms with Crippen LogP contribution in [0.1, 0.15) is 24.3 Å². The average Bonchev–Trinajstić information content (AvgIpc) is 2.55. The SMILES string of the molecule is C=CC(C)(C)OC(=O)c1ccc[nH]1. The summed E-state index contributed by atoms with van der Waals surface area (Å²) in [5.74, 6) is -0.366. The number of aromatic nitrogens is 1. The Labute approximate surface area is 77.4 Å². The van der Waals surface area contributed by atoms with E-state index in [9.17, 15) is 4.79 Å². The molecular formula is C10H13NO2. The molecule has 0 aliphatic rings. The Morgan fingerprint density at radius 1 is 1.69 bits per heavy atom. The first-order chi connectivity index (χ1) is 6.05. The van der Waals surface area contributed by atoms with Gasteiger partial charge in [0.1, 0.15) is 11.3 Å². The van der Waals surface area contributed by atoms with Crippen molar-refractivity contribution in [3.05, 3.63) is 36.7 Å². The average molecular weight is 179 g/mol. The summed E-state index contributed by atoms with van der Waals surface area (Å²) in [6.45, 7) is 7.14. The molecule has 1 heterocycles. The molecule has 1 N–H and O–H groups in total. The number of carbonyl (C=O) groups excluding carboxylic acids is 1. The van der Waals surface area contributed by atoms with Crippen LogP contribution in [0.5, 0.6) is 0 Å². The lowest BCUT2D eigenvalue weighted by Crippen LogP contribution is -2.25. The fourth-order valence-electron chi connectivity index (χ4n) is 0.793. The molecule has 0 saturated carbocycles. The highest BCUT2D eigenvalue weighted by molar-refractivity contribution is 5.87. The number of rotatable bonds is 3. The van der Waals surface area contributed by atoms with Gasteiger partial charge in [-0.1, -0.05) is 6.58 Å². The molecule has 0 aliphatic carbocycles. The van der Waals surface area contributed by atoms with Crippen LogP contribution >= 0.6 is 0 Å². The summed E-state index contributed by atoms with van der Waals surface area (Å²) < 4.78 is 5.14. The van der Waals surface area contributed by atoms with Crippen molar-refractivity contribution in [3.8, 4) is 0 Å². The molecule has 1 rings (SSSR count). The quantitative estimate of drug-likeness (QED) is 0.570. The van der Waals surface area contributed by atoms with Gasteiger partial charge in [0.2, 0.25) is 0 Å². The minimum absolute atomic E-state index is 0.366. The van der Waals surface area contributed by atoms with Crippen LogP contribution in [0.4, 0.5) is 0 Å². The number of esters is 1. The van der Waals surface area contributed by atoms with Crippen molar-refractivity contribution < 1.29 is 9.53 Å². The highest BCUT2D eigenvalue weighted by Gasteiger charge is 2.19. The van der Waals surface area contributed by atoms with Crippen LogP contribution in [0, 0.1) is 0 Å². The van der Waals surface area contributed by atoms with Gasteiger partial charge in [-0.3, -0.25) is 0 Å². The van der Waals surface area contributed by atoms with E-state index in [1.165, 1.54) is 0 Å². The monoisotopic (exact) mass is 179 g/mol. The molecule has 13 heavy (non-hydrogen) atoms. The molecule has 0 bridgehead atoms. The molecule has 0 fully saturated rings. The maximum atomic E-state index is 11.4. The van der Waals surface area contributed by atoms with Crippen molar-refractivity contribution in [2.45, 2.75) is 19.4 Å². The first kappa shape index (κ1) is 9.58. The molecule has 1 aromatic rings. The van der Waals surface area contributed by atoms with E-state index in [0.717, 1.165) is 0 Å². The van der Waals surface area contributed by atoms with Crippen LogP contribution in [-0.2, 0) is 4.74 Å². The van der Waals surface area contributed by atoms with Crippen LogP contribution in [0.2, 0.25) is 0 Å². The van der Waals surface area contributed by atoms with E-state index in [1.54, 1.807) is 38.3 Å². The topological polar surface area (TPSA) is 42.1 Å². The highest BCUT2D eigenvalue weighted by Crippen LogP contribution is 2.12. The normalized spacial score (nSPS) is 10.9. The van der Waals surface area contributed by atoms with Gasteiger partial charge in [-0.05, 0) is 32.1 Å². The lowest BCUT2D eigenvalue weighted by molar-refractivity contribution is 0.0168. The Kier molecular flexibility index (Phi) is 2.56. The van der Waals surface area contributed by atoms with E-state index in [2.05, 4.69) is 11.6 Å². The van der Waals surface area contributed by atoms with Crippen molar-refractivity contribution in [2.75, 3.05) is 0 Å². The van der Waals surface area contributed by atoms with E-state index in [-0.39, 0.29) is 5.97 Å².